The van der Waals surface area contributed by atoms with E-state index >= 15 is 0 Å². The monoisotopic (exact) mass is 407 g/mol. The summed E-state index contributed by atoms with van der Waals surface area (Å²) in [4.78, 5) is 26.0. The third-order valence-electron chi connectivity index (χ3n) is 5.43. The first-order valence-corrected chi connectivity index (χ1v) is 9.05. The minimum Gasteiger partial charge on any atom is -0.481 e. The lowest BCUT2D eigenvalue weighted by Gasteiger charge is -2.43. The topological polar surface area (TPSA) is 77.8 Å². The number of nitrogens with zero attached hydrogens (tertiary/aromatic N) is 1. The summed E-state index contributed by atoms with van der Waals surface area (Å²) in [5.41, 5.74) is -2.00. The molecule has 29 heavy (non-hydrogen) atoms. The Morgan fingerprint density at radius 3 is 2.41 bits per heavy atom. The van der Waals surface area contributed by atoms with Crippen LogP contribution in [-0.2, 0) is 11.2 Å². The van der Waals surface area contributed by atoms with E-state index < -0.39 is 53.0 Å². The number of rotatable bonds is 4. The zero-order valence-electron chi connectivity index (χ0n) is 15.7. The molecule has 1 aliphatic rings. The largest absolute Gasteiger partial charge is 0.481 e. The lowest BCUT2D eigenvalue weighted by molar-refractivity contribution is -0.161. The molecule has 1 saturated heterocycles. The van der Waals surface area contributed by atoms with E-state index in [-0.39, 0.29) is 24.9 Å². The van der Waals surface area contributed by atoms with Crippen LogP contribution >= 0.6 is 0 Å². The van der Waals surface area contributed by atoms with Crippen molar-refractivity contribution < 1.29 is 33.0 Å². The van der Waals surface area contributed by atoms with Crippen molar-refractivity contribution in [2.45, 2.75) is 25.9 Å². The van der Waals surface area contributed by atoms with Crippen molar-refractivity contribution in [3.05, 3.63) is 70.5 Å². The van der Waals surface area contributed by atoms with Crippen LogP contribution in [0.1, 0.15) is 27.9 Å². The molecule has 154 valence electrons. The van der Waals surface area contributed by atoms with Gasteiger partial charge in [0.1, 0.15) is 28.4 Å². The number of aliphatic hydroxyl groups is 1. The highest BCUT2D eigenvalue weighted by molar-refractivity contribution is 5.95. The molecule has 0 unspecified atom stereocenters. The molecule has 0 aliphatic carbocycles. The van der Waals surface area contributed by atoms with Crippen molar-refractivity contribution in [2.24, 2.45) is 5.41 Å². The molecule has 1 heterocycles. The Labute approximate surface area is 165 Å². The quantitative estimate of drug-likeness (QED) is 0.817. The van der Waals surface area contributed by atoms with Crippen molar-refractivity contribution in [3.8, 4) is 0 Å². The first-order valence-electron chi connectivity index (χ1n) is 9.05. The fourth-order valence-electron chi connectivity index (χ4n) is 3.69. The molecule has 0 radical (unpaired) electrons. The fourth-order valence-corrected chi connectivity index (χ4v) is 3.69. The van der Waals surface area contributed by atoms with Gasteiger partial charge in [-0.3, -0.25) is 9.59 Å². The summed E-state index contributed by atoms with van der Waals surface area (Å²) in [6.45, 7) is 0.902. The number of likely N-dealkylation sites (tertiary alicyclic amines) is 1. The molecule has 0 bridgehead atoms. The molecule has 1 aliphatic heterocycles. The minimum atomic E-state index is -1.79. The Bertz CT molecular complexity index is 948. The maximum Gasteiger partial charge on any atom is 0.314 e. The number of carbonyl (C=O) groups is 2. The number of carboxylic acids is 1. The van der Waals surface area contributed by atoms with Crippen LogP contribution in [0.2, 0.25) is 0 Å². The summed E-state index contributed by atoms with van der Waals surface area (Å²) in [5.74, 6) is -4.86. The molecule has 2 atom stereocenters. The van der Waals surface area contributed by atoms with E-state index in [1.807, 2.05) is 0 Å². The van der Waals surface area contributed by atoms with Gasteiger partial charge in [0.2, 0.25) is 0 Å². The number of aliphatic hydroxyl groups excluding tert-OH is 1. The van der Waals surface area contributed by atoms with E-state index in [9.17, 15) is 33.0 Å². The normalized spacial score (nSPS) is 21.8. The molecular formula is C21H20F3NO4. The third kappa shape index (κ3) is 3.85. The van der Waals surface area contributed by atoms with Gasteiger partial charge in [0.25, 0.3) is 5.91 Å². The maximum atomic E-state index is 14.4. The van der Waals surface area contributed by atoms with Gasteiger partial charge < -0.3 is 15.1 Å². The van der Waals surface area contributed by atoms with Crippen LogP contribution in [0.4, 0.5) is 13.2 Å². The number of aryl methyl sites for hydroxylation is 1. The summed E-state index contributed by atoms with van der Waals surface area (Å²) in [5, 5.41) is 20.4. The second kappa shape index (κ2) is 7.87. The predicted octanol–water partition coefficient (Wildman–Crippen LogP) is 2.93. The second-order valence-electron chi connectivity index (χ2n) is 7.35. The van der Waals surface area contributed by atoms with Crippen LogP contribution in [0.15, 0.2) is 36.4 Å². The van der Waals surface area contributed by atoms with Crippen LogP contribution in [0.25, 0.3) is 0 Å². The summed E-state index contributed by atoms with van der Waals surface area (Å²) in [6.07, 6.45) is -1.54. The number of carboxylic acid groups (broad SMARTS) is 1. The number of halogens is 3. The molecule has 0 aromatic heterocycles. The van der Waals surface area contributed by atoms with Gasteiger partial charge in [0.15, 0.2) is 0 Å². The fraction of sp³-hybridized carbons (Fsp3) is 0.333. The average Bonchev–Trinajstić information content (AvgIpc) is 2.68. The maximum absolute atomic E-state index is 14.4. The molecule has 2 aromatic carbocycles. The summed E-state index contributed by atoms with van der Waals surface area (Å²) < 4.78 is 41.7. The Hall–Kier alpha value is -2.87. The van der Waals surface area contributed by atoms with Gasteiger partial charge >= 0.3 is 5.97 Å². The highest BCUT2D eigenvalue weighted by atomic mass is 19.1. The highest BCUT2D eigenvalue weighted by Gasteiger charge is 2.50. The van der Waals surface area contributed by atoms with Crippen LogP contribution < -0.4 is 0 Å². The SMILES string of the molecule is Cc1ccc(F)c(C(=O)N2CC[C@H](O)[C@](Cc3ccc(F)cc3)(C(=O)O)C2)c1F. The van der Waals surface area contributed by atoms with Gasteiger partial charge in [-0.15, -0.1) is 0 Å². The molecule has 2 aromatic rings. The standard InChI is InChI=1S/C21H20F3NO4/c1-12-2-7-15(23)17(18(12)24)19(27)25-9-8-16(26)21(11-25,20(28)29)10-13-3-5-14(22)6-4-13/h2-7,16,26H,8-11H2,1H3,(H,28,29)/t16-,21+/m0/s1. The smallest absolute Gasteiger partial charge is 0.314 e. The van der Waals surface area contributed by atoms with Crippen molar-refractivity contribution in [1.29, 1.82) is 0 Å². The third-order valence-corrected chi connectivity index (χ3v) is 5.43. The molecule has 2 N–H and O–H groups in total. The van der Waals surface area contributed by atoms with Gasteiger partial charge in [0, 0.05) is 13.1 Å². The zero-order valence-corrected chi connectivity index (χ0v) is 15.7. The van der Waals surface area contributed by atoms with E-state index in [1.165, 1.54) is 37.3 Å². The molecular weight excluding hydrogens is 387 g/mol. The Morgan fingerprint density at radius 1 is 1.14 bits per heavy atom. The average molecular weight is 407 g/mol. The van der Waals surface area contributed by atoms with Crippen LogP contribution in [0.3, 0.4) is 0 Å². The molecule has 3 rings (SSSR count). The number of hydrogen-bond donors (Lipinski definition) is 2. The van der Waals surface area contributed by atoms with Crippen molar-refractivity contribution >= 4 is 11.9 Å². The lowest BCUT2D eigenvalue weighted by atomic mass is 9.72. The Balaban J connectivity index is 1.95. The number of hydrogen-bond acceptors (Lipinski definition) is 3. The number of amides is 1. The van der Waals surface area contributed by atoms with E-state index in [1.54, 1.807) is 0 Å². The van der Waals surface area contributed by atoms with E-state index in [2.05, 4.69) is 0 Å². The number of aliphatic carboxylic acids is 1. The first-order chi connectivity index (χ1) is 13.7. The number of carbonyl (C=O) groups excluding carboxylic acids is 1. The summed E-state index contributed by atoms with van der Waals surface area (Å²) in [6, 6.07) is 7.31. The van der Waals surface area contributed by atoms with Crippen LogP contribution in [0, 0.1) is 29.8 Å². The zero-order chi connectivity index (χ0) is 21.3. The molecule has 1 fully saturated rings. The first kappa shape index (κ1) is 20.9. The molecule has 1 amide bonds. The van der Waals surface area contributed by atoms with Crippen LogP contribution in [0.5, 0.6) is 0 Å². The highest BCUT2D eigenvalue weighted by Crippen LogP contribution is 2.36. The predicted molar refractivity (Wildman–Crippen MR) is 97.8 cm³/mol. The van der Waals surface area contributed by atoms with E-state index in [4.69, 9.17) is 0 Å². The van der Waals surface area contributed by atoms with Gasteiger partial charge in [0.05, 0.1) is 6.10 Å². The molecule has 8 heteroatoms. The lowest BCUT2D eigenvalue weighted by Crippen LogP contribution is -2.58. The number of benzene rings is 2. The second-order valence-corrected chi connectivity index (χ2v) is 7.35. The molecule has 0 saturated carbocycles. The van der Waals surface area contributed by atoms with Gasteiger partial charge in [-0.2, -0.15) is 0 Å². The van der Waals surface area contributed by atoms with E-state index in [0.717, 1.165) is 11.0 Å². The Morgan fingerprint density at radius 2 is 1.79 bits per heavy atom. The molecule has 5 nitrogen and oxygen atoms in total. The minimum absolute atomic E-state index is 0.0503. The van der Waals surface area contributed by atoms with Crippen LogP contribution in [-0.4, -0.2) is 46.2 Å². The van der Waals surface area contributed by atoms with Gasteiger partial charge in [-0.25, -0.2) is 13.2 Å². The summed E-state index contributed by atoms with van der Waals surface area (Å²) in [7, 11) is 0. The van der Waals surface area contributed by atoms with Crippen molar-refractivity contribution in [1.82, 2.24) is 4.90 Å². The van der Waals surface area contributed by atoms with Crippen molar-refractivity contribution in [2.75, 3.05) is 13.1 Å². The molecule has 0 spiro atoms. The summed E-state index contributed by atoms with van der Waals surface area (Å²) >= 11 is 0. The van der Waals surface area contributed by atoms with Crippen molar-refractivity contribution in [3.63, 3.8) is 0 Å². The number of piperidine rings is 1. The Kier molecular flexibility index (Phi) is 5.66. The van der Waals surface area contributed by atoms with Gasteiger partial charge in [-0.05, 0) is 49.1 Å². The van der Waals surface area contributed by atoms with E-state index in [0.29, 0.717) is 5.56 Å². The van der Waals surface area contributed by atoms with Gasteiger partial charge in [-0.1, -0.05) is 18.2 Å².